The molecule has 1 saturated carbocycles. The number of nitrogens with zero attached hydrogens (tertiary/aromatic N) is 1. The minimum absolute atomic E-state index is 0.0542. The molecule has 0 saturated heterocycles. The Kier molecular flexibility index (Phi) is 4.84. The van der Waals surface area contributed by atoms with E-state index in [0.29, 0.717) is 24.1 Å². The van der Waals surface area contributed by atoms with Crippen LogP contribution in [0.25, 0.3) is 0 Å². The number of sulfone groups is 1. The molecule has 22 heavy (non-hydrogen) atoms. The fraction of sp³-hybridized carbons (Fsp3) is 0.667. The highest BCUT2D eigenvalue weighted by molar-refractivity contribution is 7.90. The van der Waals surface area contributed by atoms with Crippen LogP contribution in [0.4, 0.5) is 4.79 Å². The van der Waals surface area contributed by atoms with Crippen molar-refractivity contribution in [3.8, 4) is 0 Å². The van der Waals surface area contributed by atoms with Crippen molar-refractivity contribution in [1.29, 1.82) is 0 Å². The molecule has 1 heterocycles. The zero-order valence-electron chi connectivity index (χ0n) is 13.5. The lowest BCUT2D eigenvalue weighted by Crippen LogP contribution is -2.44. The van der Waals surface area contributed by atoms with E-state index in [2.05, 4.69) is 12.2 Å². The Bertz CT molecular complexity index is 638. The molecule has 1 aromatic rings. The summed E-state index contributed by atoms with van der Waals surface area (Å²) in [6, 6.07) is 3.15. The number of nitrogens with one attached hydrogen (secondary N) is 1. The number of urea groups is 1. The summed E-state index contributed by atoms with van der Waals surface area (Å²) < 4.78 is 28.3. The monoisotopic (exact) mass is 328 g/mol. The van der Waals surface area contributed by atoms with Crippen LogP contribution >= 0.6 is 0 Å². The first-order valence-corrected chi connectivity index (χ1v) is 9.50. The van der Waals surface area contributed by atoms with Crippen molar-refractivity contribution in [2.24, 2.45) is 5.92 Å². The highest BCUT2D eigenvalue weighted by Gasteiger charge is 2.36. The standard InChI is InChI=1S/C15H24N2O4S/c1-10-7-13(10)14-6-5-12(21-14)8-16-15(18)17(3)11(2)9-22(4,19)20/h5-6,10-11,13H,7-9H2,1-4H3,(H,16,18). The maximum absolute atomic E-state index is 12.0. The summed E-state index contributed by atoms with van der Waals surface area (Å²) in [7, 11) is -1.53. The van der Waals surface area contributed by atoms with Crippen LogP contribution in [0.1, 0.15) is 37.7 Å². The molecule has 1 aromatic heterocycles. The summed E-state index contributed by atoms with van der Waals surface area (Å²) in [4.78, 5) is 13.4. The molecule has 0 bridgehead atoms. The summed E-state index contributed by atoms with van der Waals surface area (Å²) in [6.07, 6.45) is 2.32. The highest BCUT2D eigenvalue weighted by Crippen LogP contribution is 2.47. The first kappa shape index (κ1) is 16.9. The molecule has 3 atom stereocenters. The Hall–Kier alpha value is -1.50. The molecule has 0 spiro atoms. The number of carbonyl (C=O) groups is 1. The normalized spacial score (nSPS) is 22.2. The van der Waals surface area contributed by atoms with E-state index in [1.54, 1.807) is 14.0 Å². The van der Waals surface area contributed by atoms with E-state index in [4.69, 9.17) is 4.42 Å². The van der Waals surface area contributed by atoms with Gasteiger partial charge in [0.2, 0.25) is 0 Å². The Morgan fingerprint density at radius 1 is 1.50 bits per heavy atom. The van der Waals surface area contributed by atoms with Crippen LogP contribution in [0.2, 0.25) is 0 Å². The predicted molar refractivity (Wildman–Crippen MR) is 84.4 cm³/mol. The fourth-order valence-corrected chi connectivity index (χ4v) is 3.54. The largest absolute Gasteiger partial charge is 0.464 e. The lowest BCUT2D eigenvalue weighted by molar-refractivity contribution is 0.196. The molecule has 6 nitrogen and oxygen atoms in total. The average molecular weight is 328 g/mol. The Morgan fingerprint density at radius 2 is 2.14 bits per heavy atom. The highest BCUT2D eigenvalue weighted by atomic mass is 32.2. The minimum Gasteiger partial charge on any atom is -0.464 e. The molecule has 7 heteroatoms. The van der Waals surface area contributed by atoms with Crippen LogP contribution in [0.3, 0.4) is 0 Å². The molecule has 1 N–H and O–H groups in total. The van der Waals surface area contributed by atoms with Crippen LogP contribution in [0, 0.1) is 5.92 Å². The van der Waals surface area contributed by atoms with Crippen LogP contribution in [-0.4, -0.2) is 44.4 Å². The van der Waals surface area contributed by atoms with Gasteiger partial charge in [-0.05, 0) is 31.4 Å². The third-order valence-electron chi connectivity index (χ3n) is 4.10. The van der Waals surface area contributed by atoms with Crippen LogP contribution in [0.5, 0.6) is 0 Å². The van der Waals surface area contributed by atoms with Crippen molar-refractivity contribution < 1.29 is 17.6 Å². The summed E-state index contributed by atoms with van der Waals surface area (Å²) in [5.74, 6) is 2.84. The Morgan fingerprint density at radius 3 is 2.68 bits per heavy atom. The maximum Gasteiger partial charge on any atom is 0.317 e. The maximum atomic E-state index is 12.0. The molecule has 0 radical (unpaired) electrons. The zero-order valence-corrected chi connectivity index (χ0v) is 14.3. The van der Waals surface area contributed by atoms with Gasteiger partial charge in [0, 0.05) is 25.3 Å². The molecular formula is C15H24N2O4S. The Balaban J connectivity index is 1.82. The summed E-state index contributed by atoms with van der Waals surface area (Å²) >= 11 is 0. The minimum atomic E-state index is -3.11. The van der Waals surface area contributed by atoms with Crippen LogP contribution in [0.15, 0.2) is 16.5 Å². The zero-order chi connectivity index (χ0) is 16.5. The van der Waals surface area contributed by atoms with Gasteiger partial charge in [0.25, 0.3) is 0 Å². The molecule has 0 aliphatic heterocycles. The van der Waals surface area contributed by atoms with Gasteiger partial charge in [-0.3, -0.25) is 0 Å². The van der Waals surface area contributed by atoms with Crippen molar-refractivity contribution in [2.75, 3.05) is 19.1 Å². The van der Waals surface area contributed by atoms with Gasteiger partial charge in [0.15, 0.2) is 0 Å². The van der Waals surface area contributed by atoms with E-state index in [1.807, 2.05) is 12.1 Å². The number of hydrogen-bond donors (Lipinski definition) is 1. The number of hydrogen-bond acceptors (Lipinski definition) is 4. The smallest absolute Gasteiger partial charge is 0.317 e. The van der Waals surface area contributed by atoms with E-state index in [-0.39, 0.29) is 17.8 Å². The SMILES string of the molecule is CC1CC1c1ccc(CNC(=O)N(C)C(C)CS(C)(=O)=O)o1. The van der Waals surface area contributed by atoms with Gasteiger partial charge < -0.3 is 14.6 Å². The van der Waals surface area contributed by atoms with Crippen molar-refractivity contribution in [3.63, 3.8) is 0 Å². The molecule has 1 fully saturated rings. The van der Waals surface area contributed by atoms with Crippen molar-refractivity contribution in [3.05, 3.63) is 23.7 Å². The van der Waals surface area contributed by atoms with Gasteiger partial charge in [0.1, 0.15) is 21.4 Å². The van der Waals surface area contributed by atoms with Crippen molar-refractivity contribution >= 4 is 15.9 Å². The number of carbonyl (C=O) groups excluding carboxylic acids is 1. The summed E-state index contributed by atoms with van der Waals surface area (Å²) in [5, 5.41) is 2.75. The van der Waals surface area contributed by atoms with Gasteiger partial charge in [-0.1, -0.05) is 6.92 Å². The predicted octanol–water partition coefficient (Wildman–Crippen LogP) is 1.98. The summed E-state index contributed by atoms with van der Waals surface area (Å²) in [6.45, 7) is 4.20. The topological polar surface area (TPSA) is 79.6 Å². The fourth-order valence-electron chi connectivity index (χ4n) is 2.44. The van der Waals surface area contributed by atoms with Crippen LogP contribution < -0.4 is 5.32 Å². The number of amides is 2. The lowest BCUT2D eigenvalue weighted by Gasteiger charge is -2.24. The van der Waals surface area contributed by atoms with Gasteiger partial charge in [0.05, 0.1) is 12.3 Å². The van der Waals surface area contributed by atoms with Crippen molar-refractivity contribution in [2.45, 2.75) is 38.8 Å². The molecule has 2 amide bonds. The van der Waals surface area contributed by atoms with E-state index < -0.39 is 9.84 Å². The first-order chi connectivity index (χ1) is 10.2. The molecule has 1 aliphatic carbocycles. The number of rotatable bonds is 6. The van der Waals surface area contributed by atoms with Gasteiger partial charge in [-0.25, -0.2) is 13.2 Å². The molecule has 3 unspecified atom stereocenters. The number of furan rings is 1. The third kappa shape index (κ3) is 4.50. The molecule has 124 valence electrons. The average Bonchev–Trinajstić information content (AvgIpc) is 2.96. The second-order valence-corrected chi connectivity index (χ2v) is 8.52. The van der Waals surface area contributed by atoms with E-state index in [1.165, 1.54) is 11.2 Å². The molecule has 2 rings (SSSR count). The molecular weight excluding hydrogens is 304 g/mol. The molecule has 0 aromatic carbocycles. The van der Waals surface area contributed by atoms with Crippen LogP contribution in [-0.2, 0) is 16.4 Å². The van der Waals surface area contributed by atoms with Gasteiger partial charge in [-0.15, -0.1) is 0 Å². The van der Waals surface area contributed by atoms with E-state index in [9.17, 15) is 13.2 Å². The summed E-state index contributed by atoms with van der Waals surface area (Å²) in [5.41, 5.74) is 0. The lowest BCUT2D eigenvalue weighted by atomic mass is 10.3. The third-order valence-corrected chi connectivity index (χ3v) is 5.18. The Labute approximate surface area is 131 Å². The van der Waals surface area contributed by atoms with Crippen molar-refractivity contribution in [1.82, 2.24) is 10.2 Å². The quantitative estimate of drug-likeness (QED) is 0.866. The first-order valence-electron chi connectivity index (χ1n) is 7.44. The van der Waals surface area contributed by atoms with E-state index >= 15 is 0 Å². The van der Waals surface area contributed by atoms with E-state index in [0.717, 1.165) is 12.2 Å². The second-order valence-electron chi connectivity index (χ2n) is 6.33. The van der Waals surface area contributed by atoms with Gasteiger partial charge >= 0.3 is 6.03 Å². The second kappa shape index (κ2) is 6.32. The molecule has 1 aliphatic rings. The van der Waals surface area contributed by atoms with Gasteiger partial charge in [-0.2, -0.15) is 0 Å².